The molecule has 2 rings (SSSR count). The lowest BCUT2D eigenvalue weighted by Gasteiger charge is -2.41. The Bertz CT molecular complexity index is 687. The van der Waals surface area contributed by atoms with Gasteiger partial charge in [-0.3, -0.25) is 4.79 Å². The molecule has 5 nitrogen and oxygen atoms in total. The number of nitrogens with zero attached hydrogens (tertiary/aromatic N) is 1. The molecule has 0 unspecified atom stereocenters. The van der Waals surface area contributed by atoms with Crippen LogP contribution in [0.2, 0.25) is 0 Å². The minimum absolute atomic E-state index is 0.0775. The summed E-state index contributed by atoms with van der Waals surface area (Å²) >= 11 is 0. The van der Waals surface area contributed by atoms with E-state index in [1.807, 2.05) is 0 Å². The summed E-state index contributed by atoms with van der Waals surface area (Å²) in [6.45, 7) is 2.56. The molecule has 1 amide bonds. The van der Waals surface area contributed by atoms with Crippen molar-refractivity contribution in [2.45, 2.75) is 31.5 Å². The highest BCUT2D eigenvalue weighted by Gasteiger charge is 2.47. The Morgan fingerprint density at radius 3 is 2.28 bits per heavy atom. The van der Waals surface area contributed by atoms with E-state index < -0.39 is 23.6 Å². The fourth-order valence-electron chi connectivity index (χ4n) is 2.53. The third kappa shape index (κ3) is 4.31. The molecule has 0 bridgehead atoms. The molecule has 1 heterocycles. The smallest absolute Gasteiger partial charge is 0.329 e. The molecular formula is C17H17F3N2O3. The van der Waals surface area contributed by atoms with E-state index in [9.17, 15) is 22.8 Å². The zero-order valence-electron chi connectivity index (χ0n) is 13.5. The minimum Gasteiger partial charge on any atom is -0.329 e. The summed E-state index contributed by atoms with van der Waals surface area (Å²) in [7, 11) is 0. The molecule has 0 saturated carbocycles. The van der Waals surface area contributed by atoms with Gasteiger partial charge in [-0.1, -0.05) is 5.92 Å². The molecule has 1 fully saturated rings. The van der Waals surface area contributed by atoms with E-state index >= 15 is 0 Å². The van der Waals surface area contributed by atoms with Crippen molar-refractivity contribution < 1.29 is 27.6 Å². The Morgan fingerprint density at radius 1 is 1.24 bits per heavy atom. The number of terminal acetylenes is 1. The molecule has 1 aromatic carbocycles. The second-order valence-electron chi connectivity index (χ2n) is 5.94. The van der Waals surface area contributed by atoms with Gasteiger partial charge < -0.3 is 10.2 Å². The summed E-state index contributed by atoms with van der Waals surface area (Å²) in [4.78, 5) is 28.5. The number of carbonyl (C=O) groups excluding carboxylic acids is 2. The van der Waals surface area contributed by atoms with Crippen molar-refractivity contribution >= 4 is 11.9 Å². The molecule has 0 spiro atoms. The number of hydrogen-bond acceptors (Lipinski definition) is 4. The Morgan fingerprint density at radius 2 is 1.80 bits per heavy atom. The van der Waals surface area contributed by atoms with Crippen LogP contribution >= 0.6 is 0 Å². The Balaban J connectivity index is 2.34. The quantitative estimate of drug-likeness (QED) is 0.654. The zero-order chi connectivity index (χ0) is 18.7. The lowest BCUT2D eigenvalue weighted by molar-refractivity contribution is -0.244. The summed E-state index contributed by atoms with van der Waals surface area (Å²) in [5, 5.41) is 3.60. The predicted molar refractivity (Wildman–Crippen MR) is 83.2 cm³/mol. The third-order valence-corrected chi connectivity index (χ3v) is 4.06. The number of hydrogen-bond donors (Lipinski definition) is 1. The largest absolute Gasteiger partial charge is 0.493 e. The van der Waals surface area contributed by atoms with Crippen LogP contribution in [0.3, 0.4) is 0 Å². The monoisotopic (exact) mass is 354 g/mol. The van der Waals surface area contributed by atoms with Gasteiger partial charge in [-0.25, -0.2) is 4.79 Å². The van der Waals surface area contributed by atoms with Gasteiger partial charge in [0.2, 0.25) is 0 Å². The molecule has 0 aromatic heterocycles. The molecule has 8 heteroatoms. The second-order valence-corrected chi connectivity index (χ2v) is 5.94. The average molecular weight is 354 g/mol. The number of alkyl halides is 3. The van der Waals surface area contributed by atoms with Crippen LogP contribution in [0.15, 0.2) is 24.3 Å². The van der Waals surface area contributed by atoms with Crippen molar-refractivity contribution in [3.05, 3.63) is 35.4 Å². The van der Waals surface area contributed by atoms with Crippen molar-refractivity contribution in [1.29, 1.82) is 0 Å². The summed E-state index contributed by atoms with van der Waals surface area (Å²) in [5.74, 6) is -0.880. The second kappa shape index (κ2) is 7.15. The number of rotatable bonds is 2. The van der Waals surface area contributed by atoms with E-state index in [0.29, 0.717) is 36.6 Å². The molecule has 1 aliphatic heterocycles. The summed E-state index contributed by atoms with van der Waals surface area (Å²) in [6, 6.07) is 5.75. The van der Waals surface area contributed by atoms with Crippen LogP contribution in [0.5, 0.6) is 0 Å². The molecule has 25 heavy (non-hydrogen) atoms. The summed E-state index contributed by atoms with van der Waals surface area (Å²) in [5.41, 5.74) is -0.453. The van der Waals surface area contributed by atoms with Gasteiger partial charge in [0.1, 0.15) is 0 Å². The predicted octanol–water partition coefficient (Wildman–Crippen LogP) is 2.27. The number of carbonyl (C=O) groups is 2. The fraction of sp³-hybridized carbons (Fsp3) is 0.412. The maximum absolute atomic E-state index is 12.7. The molecule has 1 aromatic rings. The highest BCUT2D eigenvalue weighted by atomic mass is 19.4. The van der Waals surface area contributed by atoms with Crippen LogP contribution in [0.4, 0.5) is 13.2 Å². The van der Waals surface area contributed by atoms with E-state index in [4.69, 9.17) is 6.42 Å². The standard InChI is InChI=1S/C17H17F3N2O3/c1-3-12-4-6-13(7-5-12)14(23)22(25-15(24)17(18,19)20)16(2)8-10-21-11-9-16/h1,4-7,21H,8-11H2,2H3. The molecule has 134 valence electrons. The molecular weight excluding hydrogens is 337 g/mol. The first-order valence-electron chi connectivity index (χ1n) is 7.58. The summed E-state index contributed by atoms with van der Waals surface area (Å²) < 4.78 is 37.9. The van der Waals surface area contributed by atoms with Crippen LogP contribution in [0.1, 0.15) is 35.7 Å². The lowest BCUT2D eigenvalue weighted by Crippen LogP contribution is -2.56. The molecule has 0 radical (unpaired) electrons. The first-order valence-corrected chi connectivity index (χ1v) is 7.58. The van der Waals surface area contributed by atoms with Gasteiger partial charge in [-0.15, -0.1) is 6.42 Å². The van der Waals surface area contributed by atoms with Crippen LogP contribution in [0.25, 0.3) is 0 Å². The fourth-order valence-corrected chi connectivity index (χ4v) is 2.53. The van der Waals surface area contributed by atoms with Gasteiger partial charge in [-0.05, 0) is 57.1 Å². The molecule has 0 aliphatic carbocycles. The number of halogens is 3. The topological polar surface area (TPSA) is 58.6 Å². The Kier molecular flexibility index (Phi) is 5.38. The lowest BCUT2D eigenvalue weighted by atomic mass is 9.89. The number of nitrogens with one attached hydrogen (secondary N) is 1. The third-order valence-electron chi connectivity index (χ3n) is 4.06. The number of hydroxylamine groups is 2. The maximum Gasteiger partial charge on any atom is 0.493 e. The van der Waals surface area contributed by atoms with E-state index in [-0.39, 0.29) is 5.56 Å². The van der Waals surface area contributed by atoms with Gasteiger partial charge in [0.05, 0.1) is 5.54 Å². The normalized spacial score (nSPS) is 16.6. The van der Waals surface area contributed by atoms with Crippen molar-refractivity contribution in [3.63, 3.8) is 0 Å². The van der Waals surface area contributed by atoms with E-state index in [1.54, 1.807) is 6.92 Å². The van der Waals surface area contributed by atoms with E-state index in [2.05, 4.69) is 16.1 Å². The zero-order valence-corrected chi connectivity index (χ0v) is 13.5. The first-order chi connectivity index (χ1) is 11.7. The molecule has 1 aliphatic rings. The minimum atomic E-state index is -5.20. The SMILES string of the molecule is C#Cc1ccc(C(=O)N(OC(=O)C(F)(F)F)C2(C)CCNCC2)cc1. The van der Waals surface area contributed by atoms with E-state index in [0.717, 1.165) is 0 Å². The molecule has 1 saturated heterocycles. The molecule has 1 N–H and O–H groups in total. The average Bonchev–Trinajstić information content (AvgIpc) is 2.58. The number of amides is 1. The van der Waals surface area contributed by atoms with Gasteiger partial charge >= 0.3 is 12.1 Å². The highest BCUT2D eigenvalue weighted by Crippen LogP contribution is 2.30. The van der Waals surface area contributed by atoms with Crippen LogP contribution in [0, 0.1) is 12.3 Å². The Labute approximate surface area is 143 Å². The van der Waals surface area contributed by atoms with Crippen LogP contribution in [-0.2, 0) is 9.63 Å². The first kappa shape index (κ1) is 18.8. The van der Waals surface area contributed by atoms with Crippen molar-refractivity contribution in [2.75, 3.05) is 13.1 Å². The number of benzene rings is 1. The van der Waals surface area contributed by atoms with E-state index in [1.165, 1.54) is 24.3 Å². The van der Waals surface area contributed by atoms with Crippen LogP contribution in [-0.4, -0.2) is 41.7 Å². The van der Waals surface area contributed by atoms with Gasteiger partial charge in [0.25, 0.3) is 5.91 Å². The van der Waals surface area contributed by atoms with Crippen molar-refractivity contribution in [3.8, 4) is 12.3 Å². The van der Waals surface area contributed by atoms with Gasteiger partial charge in [0, 0.05) is 11.1 Å². The van der Waals surface area contributed by atoms with Crippen molar-refractivity contribution in [1.82, 2.24) is 10.4 Å². The Hall–Kier alpha value is -2.53. The maximum atomic E-state index is 12.7. The number of piperidine rings is 1. The highest BCUT2D eigenvalue weighted by molar-refractivity contribution is 5.95. The van der Waals surface area contributed by atoms with Gasteiger partial charge in [-0.2, -0.15) is 18.2 Å². The molecule has 0 atom stereocenters. The van der Waals surface area contributed by atoms with Crippen molar-refractivity contribution in [2.24, 2.45) is 0 Å². The van der Waals surface area contributed by atoms with Gasteiger partial charge in [0.15, 0.2) is 0 Å². The van der Waals surface area contributed by atoms with Crippen LogP contribution < -0.4 is 5.32 Å². The summed E-state index contributed by atoms with van der Waals surface area (Å²) in [6.07, 6.45) is 0.721.